The first-order valence-corrected chi connectivity index (χ1v) is 6.75. The van der Waals surface area contributed by atoms with Crippen LogP contribution in [0.5, 0.6) is 0 Å². The summed E-state index contributed by atoms with van der Waals surface area (Å²) in [6.07, 6.45) is 3.56. The van der Waals surface area contributed by atoms with Crippen LogP contribution in [0.4, 0.5) is 10.3 Å². The molecule has 1 N–H and O–H groups in total. The van der Waals surface area contributed by atoms with Gasteiger partial charge in [-0.3, -0.25) is 4.57 Å². The lowest BCUT2D eigenvalue weighted by Gasteiger charge is -2.12. The number of anilines is 1. The van der Waals surface area contributed by atoms with E-state index in [2.05, 4.69) is 32.8 Å². The van der Waals surface area contributed by atoms with Crippen molar-refractivity contribution < 1.29 is 4.39 Å². The maximum atomic E-state index is 13.3. The van der Waals surface area contributed by atoms with Crippen LogP contribution in [0, 0.1) is 12.7 Å². The number of hydrogen-bond acceptors (Lipinski definition) is 2. The Morgan fingerprint density at radius 1 is 1.58 bits per heavy atom. The first-order valence-electron chi connectivity index (χ1n) is 5.58. The van der Waals surface area contributed by atoms with Crippen LogP contribution in [0.2, 0.25) is 5.02 Å². The summed E-state index contributed by atoms with van der Waals surface area (Å²) in [6, 6.07) is 2.64. The molecular formula is C13H12BrClFN3. The Labute approximate surface area is 124 Å². The summed E-state index contributed by atoms with van der Waals surface area (Å²) in [6.45, 7) is 6.10. The van der Waals surface area contributed by atoms with E-state index in [1.165, 1.54) is 12.1 Å². The zero-order valence-corrected chi connectivity index (χ0v) is 12.6. The van der Waals surface area contributed by atoms with Gasteiger partial charge in [-0.1, -0.05) is 17.7 Å². The van der Waals surface area contributed by atoms with Gasteiger partial charge in [0.1, 0.15) is 5.82 Å². The Hall–Kier alpha value is -1.33. The molecule has 0 radical (unpaired) electrons. The summed E-state index contributed by atoms with van der Waals surface area (Å²) in [7, 11) is 0. The molecule has 1 heterocycles. The molecule has 0 unspecified atom stereocenters. The fourth-order valence-corrected chi connectivity index (χ4v) is 2.76. The Morgan fingerprint density at radius 2 is 2.32 bits per heavy atom. The first kappa shape index (κ1) is 14.1. The van der Waals surface area contributed by atoms with Crippen molar-refractivity contribution in [2.75, 3.05) is 11.9 Å². The van der Waals surface area contributed by atoms with Crippen molar-refractivity contribution in [1.29, 1.82) is 0 Å². The smallest absolute Gasteiger partial charge is 0.208 e. The zero-order chi connectivity index (χ0) is 14.0. The topological polar surface area (TPSA) is 29.9 Å². The quantitative estimate of drug-likeness (QED) is 0.837. The Bertz CT molecular complexity index is 601. The largest absolute Gasteiger partial charge is 0.352 e. The highest BCUT2D eigenvalue weighted by molar-refractivity contribution is 9.10. The monoisotopic (exact) mass is 343 g/mol. The van der Waals surface area contributed by atoms with Gasteiger partial charge in [0, 0.05) is 17.2 Å². The molecule has 0 bridgehead atoms. The van der Waals surface area contributed by atoms with Gasteiger partial charge in [0.2, 0.25) is 5.95 Å². The van der Waals surface area contributed by atoms with E-state index < -0.39 is 5.82 Å². The highest BCUT2D eigenvalue weighted by atomic mass is 79.9. The second-order valence-corrected chi connectivity index (χ2v) is 5.23. The molecule has 3 nitrogen and oxygen atoms in total. The van der Waals surface area contributed by atoms with Crippen molar-refractivity contribution in [3.63, 3.8) is 0 Å². The molecule has 2 rings (SSSR count). The summed E-state index contributed by atoms with van der Waals surface area (Å²) >= 11 is 9.44. The molecule has 1 aromatic heterocycles. The molecule has 19 heavy (non-hydrogen) atoms. The highest BCUT2D eigenvalue weighted by Gasteiger charge is 2.14. The number of hydrogen-bond donors (Lipinski definition) is 1. The van der Waals surface area contributed by atoms with Crippen molar-refractivity contribution in [2.24, 2.45) is 0 Å². The lowest BCUT2D eigenvalue weighted by atomic mass is 10.3. The molecule has 0 aliphatic rings. The second-order valence-electron chi connectivity index (χ2n) is 3.96. The van der Waals surface area contributed by atoms with Crippen LogP contribution < -0.4 is 5.32 Å². The zero-order valence-electron chi connectivity index (χ0n) is 10.3. The normalized spacial score (nSPS) is 10.5. The molecule has 0 atom stereocenters. The highest BCUT2D eigenvalue weighted by Crippen LogP contribution is 2.32. The van der Waals surface area contributed by atoms with E-state index in [9.17, 15) is 4.39 Å². The van der Waals surface area contributed by atoms with E-state index >= 15 is 0 Å². The molecule has 2 aromatic rings. The lowest BCUT2D eigenvalue weighted by molar-refractivity contribution is 0.626. The minimum atomic E-state index is -0.391. The number of halogens is 3. The molecular weight excluding hydrogens is 333 g/mol. The summed E-state index contributed by atoms with van der Waals surface area (Å²) in [4.78, 5) is 4.36. The van der Waals surface area contributed by atoms with Crippen molar-refractivity contribution in [3.05, 3.63) is 52.0 Å². The molecule has 0 spiro atoms. The number of rotatable bonds is 4. The Morgan fingerprint density at radius 3 is 2.95 bits per heavy atom. The SMILES string of the molecule is C=CCNc1nc(C)cn1-c1c(Cl)cc(F)cc1Br. The van der Waals surface area contributed by atoms with Crippen LogP contribution in [-0.2, 0) is 0 Å². The Kier molecular flexibility index (Phi) is 4.27. The number of imidazole rings is 1. The minimum Gasteiger partial charge on any atom is -0.352 e. The Balaban J connectivity index is 2.55. The number of nitrogens with one attached hydrogen (secondary N) is 1. The third-order valence-corrected chi connectivity index (χ3v) is 3.35. The predicted octanol–water partition coefficient (Wildman–Crippen LogP) is 4.33. The predicted molar refractivity (Wildman–Crippen MR) is 79.7 cm³/mol. The summed E-state index contributed by atoms with van der Waals surface area (Å²) in [5.41, 5.74) is 1.48. The van der Waals surface area contributed by atoms with Gasteiger partial charge in [-0.25, -0.2) is 9.37 Å². The van der Waals surface area contributed by atoms with E-state index in [0.717, 1.165) is 5.69 Å². The van der Waals surface area contributed by atoms with Gasteiger partial charge in [-0.05, 0) is 35.0 Å². The molecule has 1 aromatic carbocycles. The fourth-order valence-electron chi connectivity index (χ4n) is 1.72. The van der Waals surface area contributed by atoms with Gasteiger partial charge in [-0.2, -0.15) is 0 Å². The van der Waals surface area contributed by atoms with E-state index in [1.54, 1.807) is 10.6 Å². The van der Waals surface area contributed by atoms with Gasteiger partial charge in [0.05, 0.1) is 16.4 Å². The fraction of sp³-hybridized carbons (Fsp3) is 0.154. The van der Waals surface area contributed by atoms with Crippen LogP contribution in [0.3, 0.4) is 0 Å². The maximum Gasteiger partial charge on any atom is 0.208 e. The third kappa shape index (κ3) is 2.98. The molecule has 6 heteroatoms. The van der Waals surface area contributed by atoms with E-state index in [4.69, 9.17) is 11.6 Å². The minimum absolute atomic E-state index is 0.311. The van der Waals surface area contributed by atoms with Crippen molar-refractivity contribution >= 4 is 33.5 Å². The lowest BCUT2D eigenvalue weighted by Crippen LogP contribution is -2.06. The first-order chi connectivity index (χ1) is 9.02. The van der Waals surface area contributed by atoms with Gasteiger partial charge >= 0.3 is 0 Å². The molecule has 0 amide bonds. The molecule has 100 valence electrons. The van der Waals surface area contributed by atoms with Crippen LogP contribution in [-0.4, -0.2) is 16.1 Å². The standard InChI is InChI=1S/C13H12BrClFN3/c1-3-4-17-13-18-8(2)7-19(13)12-10(14)5-9(16)6-11(12)15/h3,5-7H,1,4H2,2H3,(H,17,18). The van der Waals surface area contributed by atoms with Crippen LogP contribution in [0.15, 0.2) is 35.5 Å². The third-order valence-electron chi connectivity index (χ3n) is 2.45. The summed E-state index contributed by atoms with van der Waals surface area (Å²) in [5.74, 6) is 0.240. The van der Waals surface area contributed by atoms with Gasteiger partial charge in [0.15, 0.2) is 0 Å². The van der Waals surface area contributed by atoms with Crippen molar-refractivity contribution in [1.82, 2.24) is 9.55 Å². The average molecular weight is 345 g/mol. The molecule has 0 saturated carbocycles. The molecule has 0 aliphatic heterocycles. The molecule has 0 fully saturated rings. The maximum absolute atomic E-state index is 13.3. The van der Waals surface area contributed by atoms with E-state index in [0.29, 0.717) is 27.7 Å². The van der Waals surface area contributed by atoms with E-state index in [1.807, 2.05) is 13.1 Å². The van der Waals surface area contributed by atoms with Crippen LogP contribution >= 0.6 is 27.5 Å². The van der Waals surface area contributed by atoms with Crippen molar-refractivity contribution in [2.45, 2.75) is 6.92 Å². The second kappa shape index (κ2) is 5.75. The number of nitrogens with zero attached hydrogens (tertiary/aromatic N) is 2. The van der Waals surface area contributed by atoms with Gasteiger partial charge in [0.25, 0.3) is 0 Å². The van der Waals surface area contributed by atoms with Crippen LogP contribution in [0.1, 0.15) is 5.69 Å². The average Bonchev–Trinajstić information content (AvgIpc) is 2.66. The molecule has 0 aliphatic carbocycles. The number of aryl methyl sites for hydroxylation is 1. The van der Waals surface area contributed by atoms with E-state index in [-0.39, 0.29) is 0 Å². The number of benzene rings is 1. The van der Waals surface area contributed by atoms with Crippen molar-refractivity contribution in [3.8, 4) is 5.69 Å². The number of aromatic nitrogens is 2. The summed E-state index contributed by atoms with van der Waals surface area (Å²) in [5, 5.41) is 3.42. The summed E-state index contributed by atoms with van der Waals surface area (Å²) < 4.78 is 15.6. The molecule has 0 saturated heterocycles. The van der Waals surface area contributed by atoms with Gasteiger partial charge in [-0.15, -0.1) is 6.58 Å². The van der Waals surface area contributed by atoms with Crippen LogP contribution in [0.25, 0.3) is 5.69 Å². The van der Waals surface area contributed by atoms with Gasteiger partial charge < -0.3 is 5.32 Å².